The van der Waals surface area contributed by atoms with E-state index in [-0.39, 0.29) is 35.8 Å². The average molecular weight is 836 g/mol. The van der Waals surface area contributed by atoms with E-state index >= 15 is 0 Å². The van der Waals surface area contributed by atoms with E-state index in [2.05, 4.69) is 36.4 Å². The van der Waals surface area contributed by atoms with Crippen molar-refractivity contribution in [2.24, 2.45) is 0 Å². The SMILES string of the molecule is C=CCCC(=O)NC(COC)C(=O)O[C@H]1[C@@H](O)[C@H](n2cnc3c(N)ncnc32)O[C@@H]1COP(=O)(O)O[C@H]1[C@@H](O)[C@H](n2ccc(N)nc2=O)O[C@@H]1COP(=O)(O)O. The Morgan fingerprint density at radius 2 is 1.70 bits per heavy atom. The molecule has 3 aromatic heterocycles. The van der Waals surface area contributed by atoms with Gasteiger partial charge in [-0.15, -0.1) is 6.58 Å². The fourth-order valence-electron chi connectivity index (χ4n) is 5.69. The molecule has 5 heterocycles. The van der Waals surface area contributed by atoms with Gasteiger partial charge in [0.15, 0.2) is 36.1 Å². The maximum absolute atomic E-state index is 13.4. The predicted octanol–water partition coefficient (Wildman–Crippen LogP) is -2.62. The van der Waals surface area contributed by atoms with Crippen molar-refractivity contribution in [1.82, 2.24) is 34.4 Å². The number of carbonyl (C=O) groups excluding carboxylic acids is 2. The number of anilines is 2. The second kappa shape index (κ2) is 17.9. The minimum atomic E-state index is -5.39. The van der Waals surface area contributed by atoms with E-state index < -0.39 is 102 Å². The molecular weight excluding hydrogens is 796 g/mol. The Kier molecular flexibility index (Phi) is 13.7. The normalized spacial score (nSPS) is 26.8. The number of hydrogen-bond acceptors (Lipinski definition) is 20. The fourth-order valence-corrected chi connectivity index (χ4v) is 7.00. The summed E-state index contributed by atoms with van der Waals surface area (Å²) in [5.74, 6) is -1.85. The first kappa shape index (κ1) is 42.9. The summed E-state index contributed by atoms with van der Waals surface area (Å²) in [6.45, 7) is 1.20. The summed E-state index contributed by atoms with van der Waals surface area (Å²) in [6, 6.07) is -0.214. The molecular formula is C28H39N9O17P2. The summed E-state index contributed by atoms with van der Waals surface area (Å²) in [4.78, 5) is 83.2. The van der Waals surface area contributed by atoms with E-state index in [9.17, 15) is 48.4 Å². The van der Waals surface area contributed by atoms with Crippen LogP contribution in [0, 0.1) is 0 Å². The first-order valence-electron chi connectivity index (χ1n) is 16.3. The molecule has 56 heavy (non-hydrogen) atoms. The molecule has 0 aromatic carbocycles. The van der Waals surface area contributed by atoms with Gasteiger partial charge in [0, 0.05) is 19.7 Å². The number of aliphatic hydroxyl groups excluding tert-OH is 2. The molecule has 2 unspecified atom stereocenters. The van der Waals surface area contributed by atoms with Gasteiger partial charge in [-0.1, -0.05) is 6.08 Å². The lowest BCUT2D eigenvalue weighted by atomic mass is 10.1. The number of ether oxygens (including phenoxy) is 4. The Morgan fingerprint density at radius 1 is 1.04 bits per heavy atom. The largest absolute Gasteiger partial charge is 0.472 e. The number of hydrogen-bond donors (Lipinski definition) is 8. The van der Waals surface area contributed by atoms with Crippen molar-refractivity contribution in [3.8, 4) is 0 Å². The smallest absolute Gasteiger partial charge is 0.455 e. The average Bonchev–Trinajstić information content (AvgIpc) is 3.78. The van der Waals surface area contributed by atoms with Crippen molar-refractivity contribution < 1.29 is 76.1 Å². The van der Waals surface area contributed by atoms with Crippen molar-refractivity contribution in [2.75, 3.05) is 38.4 Å². The van der Waals surface area contributed by atoms with Crippen molar-refractivity contribution in [3.63, 3.8) is 0 Å². The molecule has 10 atom stereocenters. The van der Waals surface area contributed by atoms with Gasteiger partial charge in [0.1, 0.15) is 48.2 Å². The molecule has 0 aliphatic carbocycles. The highest BCUT2D eigenvalue weighted by atomic mass is 31.2. The van der Waals surface area contributed by atoms with Crippen LogP contribution >= 0.6 is 15.6 Å². The zero-order chi connectivity index (χ0) is 40.9. The number of carbonyl (C=O) groups is 2. The molecule has 308 valence electrons. The number of nitrogens with zero attached hydrogens (tertiary/aromatic N) is 6. The molecule has 2 saturated heterocycles. The lowest BCUT2D eigenvalue weighted by Crippen LogP contribution is -2.48. The van der Waals surface area contributed by atoms with Crippen LogP contribution in [0.1, 0.15) is 25.3 Å². The topological polar surface area (TPSA) is 377 Å². The highest BCUT2D eigenvalue weighted by Gasteiger charge is 2.52. The molecule has 0 saturated carbocycles. The summed E-state index contributed by atoms with van der Waals surface area (Å²) in [5, 5.41) is 25.0. The van der Waals surface area contributed by atoms with Crippen LogP contribution in [0.4, 0.5) is 11.6 Å². The predicted molar refractivity (Wildman–Crippen MR) is 184 cm³/mol. The van der Waals surface area contributed by atoms with Crippen molar-refractivity contribution in [1.29, 1.82) is 0 Å². The van der Waals surface area contributed by atoms with Crippen LogP contribution in [0.2, 0.25) is 0 Å². The number of allylic oxidation sites excluding steroid dienone is 1. The van der Waals surface area contributed by atoms with Crippen LogP contribution in [0.5, 0.6) is 0 Å². The molecule has 10 N–H and O–H groups in total. The number of methoxy groups -OCH3 is 1. The van der Waals surface area contributed by atoms with Crippen LogP contribution < -0.4 is 22.5 Å². The molecule has 26 nitrogen and oxygen atoms in total. The van der Waals surface area contributed by atoms with Gasteiger partial charge in [-0.3, -0.25) is 27.5 Å². The van der Waals surface area contributed by atoms with Gasteiger partial charge in [-0.2, -0.15) is 4.98 Å². The standard InChI is InChI=1S/C28H39N9O17P2/c1-3-4-5-17(38)34-13(8-48-2)27(41)53-21-14(51-26(19(21)39)37-12-33-18-23(30)31-11-32-24(18)37)10-50-56(46,47)54-22-15(9-49-55(43,44)45)52-25(20(22)40)36-7-6-16(29)35-28(36)42/h3,6-7,11-15,19-22,25-26,39-40H,1,4-5,8-10H2,2H3,(H,34,38)(H,46,47)(H2,29,35,42)(H2,30,31,32)(H2,43,44,45)/t13?,14-,15-,19-,20-,21-,22-,25-,26-/m1/s1. The number of phosphoric ester groups is 2. The third kappa shape index (κ3) is 10.2. The third-order valence-electron chi connectivity index (χ3n) is 8.25. The van der Waals surface area contributed by atoms with Gasteiger partial charge in [-0.25, -0.2) is 33.7 Å². The second-order valence-corrected chi connectivity index (χ2v) is 14.8. The second-order valence-electron chi connectivity index (χ2n) is 12.2. The monoisotopic (exact) mass is 835 g/mol. The summed E-state index contributed by atoms with van der Waals surface area (Å²) in [6.07, 6.45) is -8.65. The molecule has 0 radical (unpaired) electrons. The van der Waals surface area contributed by atoms with E-state index in [1.54, 1.807) is 0 Å². The number of esters is 1. The molecule has 0 spiro atoms. The Labute approximate surface area is 315 Å². The number of nitrogen functional groups attached to an aromatic ring is 2. The Bertz CT molecular complexity index is 2050. The highest BCUT2D eigenvalue weighted by Crippen LogP contribution is 2.50. The molecule has 2 fully saturated rings. The number of nitrogens with one attached hydrogen (secondary N) is 1. The fraction of sp³-hybridized carbons (Fsp3) is 0.536. The molecule has 2 aliphatic heterocycles. The van der Waals surface area contributed by atoms with Gasteiger partial charge < -0.3 is 60.6 Å². The van der Waals surface area contributed by atoms with Crippen LogP contribution in [-0.4, -0.2) is 135 Å². The number of fused-ring (bicyclic) bond motifs is 1. The molecule has 28 heteroatoms. The van der Waals surface area contributed by atoms with Crippen LogP contribution in [0.3, 0.4) is 0 Å². The van der Waals surface area contributed by atoms with Gasteiger partial charge >= 0.3 is 27.3 Å². The molecule has 1 amide bonds. The maximum atomic E-state index is 13.4. The maximum Gasteiger partial charge on any atom is 0.472 e. The highest BCUT2D eigenvalue weighted by molar-refractivity contribution is 7.47. The lowest BCUT2D eigenvalue weighted by Gasteiger charge is -2.26. The number of phosphoric acid groups is 2. The zero-order valence-corrected chi connectivity index (χ0v) is 31.0. The third-order valence-corrected chi connectivity index (χ3v) is 9.72. The molecule has 5 rings (SSSR count). The zero-order valence-electron chi connectivity index (χ0n) is 29.2. The number of aromatic nitrogens is 6. The Balaban J connectivity index is 1.38. The van der Waals surface area contributed by atoms with Crippen molar-refractivity contribution in [2.45, 2.75) is 68.0 Å². The summed E-state index contributed by atoms with van der Waals surface area (Å²) in [5.41, 5.74) is 10.6. The number of imidazole rings is 1. The van der Waals surface area contributed by atoms with E-state index in [0.29, 0.717) is 6.42 Å². The molecule has 2 aliphatic rings. The van der Waals surface area contributed by atoms with Crippen molar-refractivity contribution in [3.05, 3.63) is 48.1 Å². The minimum absolute atomic E-state index is 0.0144. The summed E-state index contributed by atoms with van der Waals surface area (Å²) < 4.78 is 63.8. The van der Waals surface area contributed by atoms with E-state index in [1.807, 2.05) is 0 Å². The van der Waals surface area contributed by atoms with Crippen LogP contribution in [0.15, 0.2) is 42.4 Å². The number of nitrogens with two attached hydrogens (primary N) is 2. The number of rotatable bonds is 18. The summed E-state index contributed by atoms with van der Waals surface area (Å²) >= 11 is 0. The lowest BCUT2D eigenvalue weighted by molar-refractivity contribution is -0.161. The van der Waals surface area contributed by atoms with Crippen molar-refractivity contribution >= 4 is 50.3 Å². The minimum Gasteiger partial charge on any atom is -0.455 e. The Hall–Kier alpha value is -4.27. The first-order valence-corrected chi connectivity index (χ1v) is 19.4. The van der Waals surface area contributed by atoms with Gasteiger partial charge in [0.05, 0.1) is 26.1 Å². The van der Waals surface area contributed by atoms with Gasteiger partial charge in [0.25, 0.3) is 0 Å². The van der Waals surface area contributed by atoms with E-state index in [1.165, 1.54) is 30.1 Å². The number of aliphatic hydroxyl groups is 2. The van der Waals surface area contributed by atoms with E-state index in [0.717, 1.165) is 17.1 Å². The number of amides is 1. The van der Waals surface area contributed by atoms with E-state index in [4.69, 9.17) is 39.5 Å². The quantitative estimate of drug-likeness (QED) is 0.0369. The molecule has 3 aromatic rings. The van der Waals surface area contributed by atoms with Gasteiger partial charge in [0.2, 0.25) is 5.91 Å². The van der Waals surface area contributed by atoms with Crippen LogP contribution in [-0.2, 0) is 51.2 Å². The Morgan fingerprint density at radius 3 is 2.36 bits per heavy atom. The molecule has 0 bridgehead atoms. The first-order chi connectivity index (χ1) is 26.4. The van der Waals surface area contributed by atoms with Crippen LogP contribution in [0.25, 0.3) is 11.2 Å². The summed E-state index contributed by atoms with van der Waals surface area (Å²) in [7, 11) is -9.29. The van der Waals surface area contributed by atoms with Gasteiger partial charge in [-0.05, 0) is 12.5 Å².